The van der Waals surface area contributed by atoms with E-state index in [1.54, 1.807) is 19.1 Å². The van der Waals surface area contributed by atoms with Gasteiger partial charge in [-0.15, -0.1) is 0 Å². The van der Waals surface area contributed by atoms with Gasteiger partial charge in [-0.1, -0.05) is 25.5 Å². The number of carbonyl (C=O) groups is 1. The number of fused-ring (bicyclic) bond motifs is 1. The molecule has 1 heterocycles. The first-order valence-electron chi connectivity index (χ1n) is 8.57. The minimum Gasteiger partial charge on any atom is -0.370 e. The summed E-state index contributed by atoms with van der Waals surface area (Å²) in [5.74, 6) is 0.757. The van der Waals surface area contributed by atoms with Gasteiger partial charge in [0.15, 0.2) is 0 Å². The van der Waals surface area contributed by atoms with Gasteiger partial charge in [0, 0.05) is 24.8 Å². The van der Waals surface area contributed by atoms with Crippen LogP contribution >= 0.6 is 0 Å². The summed E-state index contributed by atoms with van der Waals surface area (Å²) in [7, 11) is 0. The molecule has 1 amide bonds. The Balaban J connectivity index is 1.88. The summed E-state index contributed by atoms with van der Waals surface area (Å²) in [5, 5.41) is 3.19. The largest absolute Gasteiger partial charge is 0.370 e. The lowest BCUT2D eigenvalue weighted by atomic mass is 9.66. The van der Waals surface area contributed by atoms with Crippen LogP contribution in [0.1, 0.15) is 58.1 Å². The molecule has 1 saturated carbocycles. The number of carbonyl (C=O) groups excluding carboxylic acids is 1. The highest BCUT2D eigenvalue weighted by Crippen LogP contribution is 2.47. The molecule has 0 radical (unpaired) electrons. The standard InChI is InChI=1S/C19H26FNO2/c1-12-4-9-16-17(10-12)23-18(11-19(16,3)21-13(2)22)14-5-7-15(20)8-6-14/h5-8,12,16-18H,4,9-11H2,1-3H3,(H,21,22)/t12-,16-,17-,18-,19+/m1/s1. The Labute approximate surface area is 137 Å². The lowest BCUT2D eigenvalue weighted by molar-refractivity contribution is -0.153. The van der Waals surface area contributed by atoms with Gasteiger partial charge in [-0.3, -0.25) is 4.79 Å². The van der Waals surface area contributed by atoms with Crippen molar-refractivity contribution < 1.29 is 13.9 Å². The van der Waals surface area contributed by atoms with Crippen molar-refractivity contribution in [2.75, 3.05) is 0 Å². The summed E-state index contributed by atoms with van der Waals surface area (Å²) < 4.78 is 19.6. The molecule has 1 aliphatic carbocycles. The van der Waals surface area contributed by atoms with Crippen molar-refractivity contribution in [3.8, 4) is 0 Å². The maximum Gasteiger partial charge on any atom is 0.217 e. The van der Waals surface area contributed by atoms with Crippen LogP contribution in [0.4, 0.5) is 4.39 Å². The van der Waals surface area contributed by atoms with Crippen molar-refractivity contribution in [3.05, 3.63) is 35.6 Å². The molecule has 1 N–H and O–H groups in total. The van der Waals surface area contributed by atoms with E-state index in [9.17, 15) is 9.18 Å². The van der Waals surface area contributed by atoms with Crippen molar-refractivity contribution >= 4 is 5.91 Å². The van der Waals surface area contributed by atoms with Crippen LogP contribution in [0.15, 0.2) is 24.3 Å². The number of rotatable bonds is 2. The summed E-state index contributed by atoms with van der Waals surface area (Å²) in [6.45, 7) is 5.98. The van der Waals surface area contributed by atoms with Crippen LogP contribution in [0.3, 0.4) is 0 Å². The van der Waals surface area contributed by atoms with E-state index in [1.807, 2.05) is 0 Å². The number of hydrogen-bond donors (Lipinski definition) is 1. The molecular weight excluding hydrogens is 293 g/mol. The third-order valence-corrected chi connectivity index (χ3v) is 5.52. The molecule has 3 rings (SSSR count). The lowest BCUT2D eigenvalue weighted by Gasteiger charge is -2.52. The zero-order chi connectivity index (χ0) is 16.6. The van der Waals surface area contributed by atoms with Crippen molar-refractivity contribution in [1.29, 1.82) is 0 Å². The molecule has 0 aromatic heterocycles. The predicted octanol–water partition coefficient (Wildman–Crippen LogP) is 3.99. The van der Waals surface area contributed by atoms with E-state index in [0.717, 1.165) is 24.8 Å². The van der Waals surface area contributed by atoms with Gasteiger partial charge in [-0.2, -0.15) is 0 Å². The van der Waals surface area contributed by atoms with E-state index >= 15 is 0 Å². The molecule has 3 nitrogen and oxygen atoms in total. The SMILES string of the molecule is CC(=O)N[C@@]1(C)C[C@H](c2ccc(F)cc2)O[C@@H]2C[C@H](C)CC[C@H]21. The van der Waals surface area contributed by atoms with Gasteiger partial charge in [-0.05, 0) is 43.4 Å². The fraction of sp³-hybridized carbons (Fsp3) is 0.632. The van der Waals surface area contributed by atoms with Crippen molar-refractivity contribution in [2.45, 2.75) is 64.2 Å². The molecule has 4 heteroatoms. The highest BCUT2D eigenvalue weighted by atomic mass is 19.1. The van der Waals surface area contributed by atoms with Crippen LogP contribution in [0.5, 0.6) is 0 Å². The fourth-order valence-electron chi connectivity index (χ4n) is 4.42. The first kappa shape index (κ1) is 16.4. The van der Waals surface area contributed by atoms with Crippen molar-refractivity contribution in [2.24, 2.45) is 11.8 Å². The van der Waals surface area contributed by atoms with Crippen LogP contribution in [0.25, 0.3) is 0 Å². The first-order chi connectivity index (χ1) is 10.9. The van der Waals surface area contributed by atoms with E-state index in [1.165, 1.54) is 18.6 Å². The minimum absolute atomic E-state index is 0.00429. The predicted molar refractivity (Wildman–Crippen MR) is 87.4 cm³/mol. The molecule has 1 aromatic rings. The molecule has 1 aliphatic heterocycles. The second kappa shape index (κ2) is 6.23. The lowest BCUT2D eigenvalue weighted by Crippen LogP contribution is -2.60. The van der Waals surface area contributed by atoms with Gasteiger partial charge >= 0.3 is 0 Å². The summed E-state index contributed by atoms with van der Waals surface area (Å²) in [6, 6.07) is 6.54. The Morgan fingerprint density at radius 1 is 1.30 bits per heavy atom. The normalized spacial score (nSPS) is 37.0. The van der Waals surface area contributed by atoms with Crippen molar-refractivity contribution in [1.82, 2.24) is 5.32 Å². The fourth-order valence-corrected chi connectivity index (χ4v) is 4.42. The van der Waals surface area contributed by atoms with Gasteiger partial charge in [-0.25, -0.2) is 4.39 Å². The molecule has 0 unspecified atom stereocenters. The molecule has 5 atom stereocenters. The minimum atomic E-state index is -0.270. The van der Waals surface area contributed by atoms with E-state index < -0.39 is 0 Å². The van der Waals surface area contributed by atoms with Crippen LogP contribution in [0, 0.1) is 17.7 Å². The maximum atomic E-state index is 13.2. The molecule has 1 aromatic carbocycles. The number of hydrogen-bond acceptors (Lipinski definition) is 2. The quantitative estimate of drug-likeness (QED) is 0.895. The average Bonchev–Trinajstić information content (AvgIpc) is 2.46. The highest BCUT2D eigenvalue weighted by Gasteiger charge is 2.49. The Bertz CT molecular complexity index is 573. The molecule has 2 aliphatic rings. The zero-order valence-corrected chi connectivity index (χ0v) is 14.1. The Hall–Kier alpha value is -1.42. The van der Waals surface area contributed by atoms with Crippen molar-refractivity contribution in [3.63, 3.8) is 0 Å². The van der Waals surface area contributed by atoms with Crippen LogP contribution < -0.4 is 5.32 Å². The Morgan fingerprint density at radius 2 is 2.00 bits per heavy atom. The van der Waals surface area contributed by atoms with Crippen LogP contribution in [-0.4, -0.2) is 17.6 Å². The second-order valence-electron chi connectivity index (χ2n) is 7.54. The summed E-state index contributed by atoms with van der Waals surface area (Å²) in [5.41, 5.74) is 0.716. The molecule has 2 fully saturated rings. The monoisotopic (exact) mass is 319 g/mol. The molecule has 126 valence electrons. The van der Waals surface area contributed by atoms with Crippen LogP contribution in [-0.2, 0) is 9.53 Å². The Kier molecular flexibility index (Phi) is 4.45. The molecule has 0 bridgehead atoms. The third kappa shape index (κ3) is 3.42. The van der Waals surface area contributed by atoms with Gasteiger partial charge in [0.1, 0.15) is 5.82 Å². The molecular formula is C19H26FNO2. The van der Waals surface area contributed by atoms with Gasteiger partial charge < -0.3 is 10.1 Å². The number of halogens is 1. The van der Waals surface area contributed by atoms with E-state index in [0.29, 0.717) is 11.8 Å². The van der Waals surface area contributed by atoms with Gasteiger partial charge in [0.2, 0.25) is 5.91 Å². The number of nitrogens with one attached hydrogen (secondary N) is 1. The second-order valence-corrected chi connectivity index (χ2v) is 7.54. The van der Waals surface area contributed by atoms with E-state index in [4.69, 9.17) is 4.74 Å². The topological polar surface area (TPSA) is 38.3 Å². The molecule has 23 heavy (non-hydrogen) atoms. The smallest absolute Gasteiger partial charge is 0.217 e. The Morgan fingerprint density at radius 3 is 2.65 bits per heavy atom. The first-order valence-corrected chi connectivity index (χ1v) is 8.57. The highest BCUT2D eigenvalue weighted by molar-refractivity contribution is 5.73. The summed E-state index contributed by atoms with van der Waals surface area (Å²) in [6.07, 6.45) is 4.07. The number of benzene rings is 1. The van der Waals surface area contributed by atoms with Crippen LogP contribution in [0.2, 0.25) is 0 Å². The third-order valence-electron chi connectivity index (χ3n) is 5.52. The van der Waals surface area contributed by atoms with E-state index in [2.05, 4.69) is 19.2 Å². The van der Waals surface area contributed by atoms with E-state index in [-0.39, 0.29) is 29.5 Å². The van der Waals surface area contributed by atoms with Gasteiger partial charge in [0.05, 0.1) is 12.2 Å². The molecule has 1 saturated heterocycles. The number of ether oxygens (including phenoxy) is 1. The van der Waals surface area contributed by atoms with Gasteiger partial charge in [0.25, 0.3) is 0 Å². The zero-order valence-electron chi connectivity index (χ0n) is 14.1. The maximum absolute atomic E-state index is 13.2. The average molecular weight is 319 g/mol. The number of amides is 1. The summed E-state index contributed by atoms with van der Waals surface area (Å²) in [4.78, 5) is 11.7. The summed E-state index contributed by atoms with van der Waals surface area (Å²) >= 11 is 0. The molecule has 0 spiro atoms.